The summed E-state index contributed by atoms with van der Waals surface area (Å²) in [5.41, 5.74) is 7.09. The number of amides is 3. The second kappa shape index (κ2) is 9.87. The fraction of sp³-hybridized carbons (Fsp3) is 0.348. The molecular weight excluding hydrogens is 436 g/mol. The summed E-state index contributed by atoms with van der Waals surface area (Å²) < 4.78 is 0. The molecule has 34 heavy (non-hydrogen) atoms. The molecular formula is C23H28N8O3. The van der Waals surface area contributed by atoms with Crippen molar-refractivity contribution in [2.75, 3.05) is 37.5 Å². The lowest BCUT2D eigenvalue weighted by atomic mass is 9.96. The van der Waals surface area contributed by atoms with Gasteiger partial charge in [-0.3, -0.25) is 9.78 Å². The van der Waals surface area contributed by atoms with Gasteiger partial charge in [0.05, 0.1) is 30.4 Å². The van der Waals surface area contributed by atoms with Gasteiger partial charge in [0.25, 0.3) is 5.91 Å². The third kappa shape index (κ3) is 4.84. The Balaban J connectivity index is 1.65. The van der Waals surface area contributed by atoms with E-state index in [4.69, 9.17) is 5.73 Å². The molecule has 2 aromatic heterocycles. The van der Waals surface area contributed by atoms with Crippen LogP contribution >= 0.6 is 0 Å². The number of aromatic nitrogens is 3. The van der Waals surface area contributed by atoms with Crippen LogP contribution in [0.5, 0.6) is 0 Å². The lowest BCUT2D eigenvalue weighted by Gasteiger charge is -2.41. The molecule has 0 spiro atoms. The predicted molar refractivity (Wildman–Crippen MR) is 129 cm³/mol. The van der Waals surface area contributed by atoms with Crippen molar-refractivity contribution in [3.8, 4) is 0 Å². The lowest BCUT2D eigenvalue weighted by molar-refractivity contribution is 0.0996. The van der Waals surface area contributed by atoms with Crippen LogP contribution in [0.4, 0.5) is 22.1 Å². The molecule has 0 bridgehead atoms. The highest BCUT2D eigenvalue weighted by atomic mass is 16.3. The maximum absolute atomic E-state index is 12.2. The summed E-state index contributed by atoms with van der Waals surface area (Å²) in [6.45, 7) is 0.434. The molecule has 2 atom stereocenters. The van der Waals surface area contributed by atoms with Crippen LogP contribution in [0.25, 0.3) is 10.9 Å². The Bertz CT molecular complexity index is 1200. The number of nitrogens with one attached hydrogen (secondary N) is 2. The van der Waals surface area contributed by atoms with E-state index in [9.17, 15) is 14.7 Å². The van der Waals surface area contributed by atoms with Crippen molar-refractivity contribution in [1.82, 2.24) is 25.2 Å². The number of benzene rings is 1. The number of pyridine rings is 1. The van der Waals surface area contributed by atoms with Crippen LogP contribution in [0.3, 0.4) is 0 Å². The van der Waals surface area contributed by atoms with E-state index in [1.807, 2.05) is 35.2 Å². The van der Waals surface area contributed by atoms with Gasteiger partial charge in [0.15, 0.2) is 11.5 Å². The van der Waals surface area contributed by atoms with Crippen molar-refractivity contribution in [1.29, 1.82) is 0 Å². The van der Waals surface area contributed by atoms with Gasteiger partial charge >= 0.3 is 6.03 Å². The standard InChI is InChI=1S/C23H28N8O3/c1-30(2)23(34)28-17-6-4-10-31(18(17)13-32)19-12-26-20(21(24)33)22(29-19)27-15-7-8-16-14(11-15)5-3-9-25-16/h3,5,7-9,11-12,17-18,32H,4,6,10,13H2,1-2H3,(H2,24,33)(H,27,29)(H,28,34)/t17-,18+/m1/s1. The molecule has 1 saturated heterocycles. The van der Waals surface area contributed by atoms with Crippen LogP contribution in [0.15, 0.2) is 42.7 Å². The molecule has 4 rings (SSSR count). The minimum absolute atomic E-state index is 0.00468. The number of urea groups is 1. The molecule has 0 radical (unpaired) electrons. The summed E-state index contributed by atoms with van der Waals surface area (Å²) in [5, 5.41) is 17.2. The van der Waals surface area contributed by atoms with E-state index >= 15 is 0 Å². The Morgan fingerprint density at radius 2 is 2.09 bits per heavy atom. The van der Waals surface area contributed by atoms with E-state index in [0.29, 0.717) is 18.1 Å². The molecule has 3 aromatic rings. The molecule has 0 saturated carbocycles. The monoisotopic (exact) mass is 464 g/mol. The van der Waals surface area contributed by atoms with Crippen LogP contribution in [0.2, 0.25) is 0 Å². The van der Waals surface area contributed by atoms with E-state index in [2.05, 4.69) is 25.6 Å². The quantitative estimate of drug-likeness (QED) is 0.428. The summed E-state index contributed by atoms with van der Waals surface area (Å²) in [6.07, 6.45) is 4.70. The SMILES string of the molecule is CN(C)C(=O)N[C@@H]1CCCN(c2cnc(C(N)=O)c(Nc3ccc4ncccc4c3)n2)[C@H]1CO. The Labute approximate surface area is 197 Å². The molecule has 11 heteroatoms. The zero-order valence-corrected chi connectivity index (χ0v) is 19.1. The van der Waals surface area contributed by atoms with Crippen molar-refractivity contribution in [2.24, 2.45) is 5.73 Å². The fourth-order valence-electron chi connectivity index (χ4n) is 4.10. The van der Waals surface area contributed by atoms with Crippen LogP contribution < -0.4 is 21.3 Å². The van der Waals surface area contributed by atoms with Gasteiger partial charge in [-0.1, -0.05) is 6.07 Å². The molecule has 11 nitrogen and oxygen atoms in total. The third-order valence-corrected chi connectivity index (χ3v) is 5.83. The number of hydrogen-bond donors (Lipinski definition) is 4. The van der Waals surface area contributed by atoms with E-state index in [1.165, 1.54) is 11.1 Å². The molecule has 1 aliphatic rings. The lowest BCUT2D eigenvalue weighted by Crippen LogP contribution is -2.58. The first-order chi connectivity index (χ1) is 16.4. The Morgan fingerprint density at radius 1 is 1.26 bits per heavy atom. The van der Waals surface area contributed by atoms with Gasteiger partial charge in [0.2, 0.25) is 0 Å². The van der Waals surface area contributed by atoms with Crippen molar-refractivity contribution >= 4 is 40.2 Å². The Kier molecular flexibility index (Phi) is 6.73. The van der Waals surface area contributed by atoms with Gasteiger partial charge in [-0.15, -0.1) is 0 Å². The van der Waals surface area contributed by atoms with Crippen molar-refractivity contribution in [2.45, 2.75) is 24.9 Å². The minimum Gasteiger partial charge on any atom is -0.394 e. The molecule has 1 aliphatic heterocycles. The molecule has 0 unspecified atom stereocenters. The summed E-state index contributed by atoms with van der Waals surface area (Å²) in [6, 6.07) is 8.48. The van der Waals surface area contributed by atoms with E-state index < -0.39 is 11.9 Å². The van der Waals surface area contributed by atoms with Crippen LogP contribution in [-0.4, -0.2) is 76.2 Å². The minimum atomic E-state index is -0.711. The summed E-state index contributed by atoms with van der Waals surface area (Å²) >= 11 is 0. The number of carbonyl (C=O) groups excluding carboxylic acids is 2. The van der Waals surface area contributed by atoms with E-state index in [0.717, 1.165) is 23.7 Å². The second-order valence-corrected chi connectivity index (χ2v) is 8.36. The topological polar surface area (TPSA) is 150 Å². The maximum atomic E-state index is 12.2. The number of carbonyl (C=O) groups is 2. The van der Waals surface area contributed by atoms with Crippen LogP contribution in [-0.2, 0) is 0 Å². The smallest absolute Gasteiger partial charge is 0.317 e. The Hall–Kier alpha value is -3.99. The number of aliphatic hydroxyl groups excluding tert-OH is 1. The van der Waals surface area contributed by atoms with Crippen LogP contribution in [0.1, 0.15) is 23.3 Å². The van der Waals surface area contributed by atoms with Crippen molar-refractivity contribution in [3.63, 3.8) is 0 Å². The Morgan fingerprint density at radius 3 is 2.82 bits per heavy atom. The first-order valence-electron chi connectivity index (χ1n) is 11.0. The first-order valence-corrected chi connectivity index (χ1v) is 11.0. The van der Waals surface area contributed by atoms with E-state index in [1.54, 1.807) is 20.3 Å². The number of primary amides is 1. The molecule has 0 aliphatic carbocycles. The van der Waals surface area contributed by atoms with Crippen molar-refractivity contribution in [3.05, 3.63) is 48.4 Å². The predicted octanol–water partition coefficient (Wildman–Crippen LogP) is 1.47. The number of fused-ring (bicyclic) bond motifs is 1. The van der Waals surface area contributed by atoms with Gasteiger partial charge in [0.1, 0.15) is 5.82 Å². The highest BCUT2D eigenvalue weighted by molar-refractivity contribution is 5.96. The highest BCUT2D eigenvalue weighted by Crippen LogP contribution is 2.27. The van der Waals surface area contributed by atoms with Gasteiger partial charge in [-0.05, 0) is 37.1 Å². The first kappa shape index (κ1) is 23.2. The summed E-state index contributed by atoms with van der Waals surface area (Å²) in [7, 11) is 3.33. The van der Waals surface area contributed by atoms with Gasteiger partial charge in [0, 0.05) is 37.9 Å². The number of nitrogens with zero attached hydrogens (tertiary/aromatic N) is 5. The molecule has 5 N–H and O–H groups in total. The van der Waals surface area contributed by atoms with Gasteiger partial charge in [-0.25, -0.2) is 14.8 Å². The van der Waals surface area contributed by atoms with E-state index in [-0.39, 0.29) is 30.2 Å². The summed E-state index contributed by atoms with van der Waals surface area (Å²) in [4.78, 5) is 40.8. The molecule has 1 aromatic carbocycles. The number of nitrogens with two attached hydrogens (primary N) is 1. The second-order valence-electron chi connectivity index (χ2n) is 8.36. The zero-order valence-electron chi connectivity index (χ0n) is 19.1. The highest BCUT2D eigenvalue weighted by Gasteiger charge is 2.33. The summed E-state index contributed by atoms with van der Waals surface area (Å²) in [5.74, 6) is -0.0281. The molecule has 3 heterocycles. The number of piperidine rings is 1. The normalized spacial score (nSPS) is 17.9. The average Bonchev–Trinajstić information content (AvgIpc) is 2.83. The third-order valence-electron chi connectivity index (χ3n) is 5.83. The fourth-order valence-corrected chi connectivity index (χ4v) is 4.10. The number of rotatable bonds is 6. The molecule has 1 fully saturated rings. The van der Waals surface area contributed by atoms with Gasteiger partial charge in [-0.2, -0.15) is 0 Å². The maximum Gasteiger partial charge on any atom is 0.317 e. The number of aliphatic hydroxyl groups is 1. The average molecular weight is 465 g/mol. The van der Waals surface area contributed by atoms with Gasteiger partial charge < -0.3 is 31.3 Å². The number of hydrogen-bond acceptors (Lipinski definition) is 8. The molecule has 178 valence electrons. The van der Waals surface area contributed by atoms with Crippen molar-refractivity contribution < 1.29 is 14.7 Å². The van der Waals surface area contributed by atoms with Crippen LogP contribution in [0, 0.1) is 0 Å². The zero-order chi connectivity index (χ0) is 24.2. The molecule has 3 amide bonds. The number of anilines is 3. The largest absolute Gasteiger partial charge is 0.394 e.